The fourth-order valence-electron chi connectivity index (χ4n) is 1.83. The van der Waals surface area contributed by atoms with E-state index in [-0.39, 0.29) is 24.6 Å². The molecule has 3 atom stereocenters. The maximum atomic E-state index is 6.04. The number of halogens is 1. The summed E-state index contributed by atoms with van der Waals surface area (Å²) in [6, 6.07) is 0. The smallest absolute Gasteiger partial charge is 0.404 e. The van der Waals surface area contributed by atoms with Crippen molar-refractivity contribution in [3.63, 3.8) is 0 Å². The molecular weight excluding hydrogens is 210 g/mol. The molecule has 1 saturated heterocycles. The monoisotopic (exact) mass is 230 g/mol. The van der Waals surface area contributed by atoms with Gasteiger partial charge in [0, 0.05) is 0 Å². The van der Waals surface area contributed by atoms with Crippen LogP contribution in [0.5, 0.6) is 0 Å². The number of alkyl halides is 1. The van der Waals surface area contributed by atoms with Gasteiger partial charge in [-0.05, 0) is 11.8 Å². The Balaban J connectivity index is 2.69. The second-order valence-corrected chi connectivity index (χ2v) is 5.24. The highest BCUT2D eigenvalue weighted by molar-refractivity contribution is 6.60. The highest BCUT2D eigenvalue weighted by Crippen LogP contribution is 2.30. The van der Waals surface area contributed by atoms with Gasteiger partial charge in [0.1, 0.15) is 0 Å². The number of allylic oxidation sites excluding steroid dienone is 1. The molecule has 86 valence electrons. The molecule has 1 aliphatic heterocycles. The van der Waals surface area contributed by atoms with Gasteiger partial charge in [0.05, 0.1) is 17.5 Å². The molecule has 0 amide bonds. The Morgan fingerprint density at radius 2 is 1.53 bits per heavy atom. The van der Waals surface area contributed by atoms with Crippen molar-refractivity contribution < 1.29 is 9.31 Å². The summed E-state index contributed by atoms with van der Waals surface area (Å²) in [5.74, 6) is 0.882. The average molecular weight is 231 g/mol. The Morgan fingerprint density at radius 1 is 1.13 bits per heavy atom. The largest absolute Gasteiger partial charge is 0.480 e. The van der Waals surface area contributed by atoms with Crippen LogP contribution >= 0.6 is 11.6 Å². The van der Waals surface area contributed by atoms with Crippen molar-refractivity contribution >= 4 is 18.7 Å². The molecule has 0 aliphatic carbocycles. The first-order valence-corrected chi connectivity index (χ1v) is 5.98. The summed E-state index contributed by atoms with van der Waals surface area (Å²) in [5, 5.41) is -0.269. The van der Waals surface area contributed by atoms with Crippen molar-refractivity contribution in [1.29, 1.82) is 0 Å². The molecule has 0 aromatic heterocycles. The van der Waals surface area contributed by atoms with E-state index in [1.807, 2.05) is 0 Å². The van der Waals surface area contributed by atoms with E-state index < -0.39 is 0 Å². The third kappa shape index (κ3) is 2.99. The lowest BCUT2D eigenvalue weighted by molar-refractivity contribution is 0.0815. The molecule has 2 nitrogen and oxygen atoms in total. The number of hydrogen-bond acceptors (Lipinski definition) is 2. The van der Waals surface area contributed by atoms with E-state index >= 15 is 0 Å². The molecule has 4 heteroatoms. The summed E-state index contributed by atoms with van der Waals surface area (Å²) in [7, 11) is -0.344. The molecule has 1 fully saturated rings. The molecule has 15 heavy (non-hydrogen) atoms. The second kappa shape index (κ2) is 5.38. The minimum atomic E-state index is -0.344. The van der Waals surface area contributed by atoms with Gasteiger partial charge in [0.25, 0.3) is 0 Å². The molecule has 0 saturated carbocycles. The van der Waals surface area contributed by atoms with Crippen LogP contribution in [-0.2, 0) is 9.31 Å². The third-order valence-electron chi connectivity index (χ3n) is 2.71. The van der Waals surface area contributed by atoms with Crippen LogP contribution in [0.4, 0.5) is 0 Å². The molecule has 1 heterocycles. The van der Waals surface area contributed by atoms with Gasteiger partial charge in [-0.2, -0.15) is 0 Å². The van der Waals surface area contributed by atoms with Gasteiger partial charge in [-0.15, -0.1) is 18.2 Å². The quantitative estimate of drug-likeness (QED) is 0.420. The normalized spacial score (nSPS) is 28.9. The van der Waals surface area contributed by atoms with Gasteiger partial charge in [0.2, 0.25) is 0 Å². The van der Waals surface area contributed by atoms with Crippen molar-refractivity contribution in [1.82, 2.24) is 0 Å². The predicted molar refractivity (Wildman–Crippen MR) is 65.0 cm³/mol. The minimum absolute atomic E-state index is 0.135. The summed E-state index contributed by atoms with van der Waals surface area (Å²) in [6.07, 6.45) is 1.93. The third-order valence-corrected chi connectivity index (χ3v) is 3.09. The zero-order chi connectivity index (χ0) is 11.6. The van der Waals surface area contributed by atoms with Crippen molar-refractivity contribution in [2.24, 2.45) is 11.8 Å². The molecule has 1 aliphatic rings. The maximum absolute atomic E-state index is 6.04. The lowest BCUT2D eigenvalue weighted by atomic mass is 9.84. The Kier molecular flexibility index (Phi) is 4.69. The van der Waals surface area contributed by atoms with E-state index in [1.165, 1.54) is 0 Å². The molecule has 0 unspecified atom stereocenters. The van der Waals surface area contributed by atoms with E-state index in [0.717, 1.165) is 0 Å². The summed E-state index contributed by atoms with van der Waals surface area (Å²) >= 11 is 6.04. The van der Waals surface area contributed by atoms with Gasteiger partial charge in [-0.1, -0.05) is 33.8 Å². The van der Waals surface area contributed by atoms with Crippen molar-refractivity contribution in [2.45, 2.75) is 45.2 Å². The molecule has 0 radical (unpaired) electrons. The van der Waals surface area contributed by atoms with Crippen molar-refractivity contribution in [2.75, 3.05) is 0 Å². The minimum Gasteiger partial charge on any atom is -0.404 e. The van der Waals surface area contributed by atoms with Crippen molar-refractivity contribution in [3.05, 3.63) is 12.7 Å². The first-order valence-electron chi connectivity index (χ1n) is 5.55. The second-order valence-electron chi connectivity index (χ2n) is 4.74. The Morgan fingerprint density at radius 3 is 1.80 bits per heavy atom. The zero-order valence-corrected chi connectivity index (χ0v) is 10.7. The highest BCUT2D eigenvalue weighted by Gasteiger charge is 2.45. The summed E-state index contributed by atoms with van der Waals surface area (Å²) in [6.45, 7) is 12.2. The molecule has 0 spiro atoms. The Labute approximate surface area is 98.1 Å². The van der Waals surface area contributed by atoms with Gasteiger partial charge in [-0.3, -0.25) is 0 Å². The van der Waals surface area contributed by atoms with Crippen molar-refractivity contribution in [3.8, 4) is 0 Å². The first-order chi connectivity index (χ1) is 6.97. The molecule has 1 rings (SSSR count). The summed E-state index contributed by atoms with van der Waals surface area (Å²) < 4.78 is 11.6. The fraction of sp³-hybridized carbons (Fsp3) is 0.818. The summed E-state index contributed by atoms with van der Waals surface area (Å²) in [4.78, 5) is 0. The van der Waals surface area contributed by atoms with Gasteiger partial charge in [-0.25, -0.2) is 0 Å². The Hall–Kier alpha value is 0.0149. The summed E-state index contributed by atoms with van der Waals surface area (Å²) in [5.41, 5.74) is 0. The van der Waals surface area contributed by atoms with E-state index in [9.17, 15) is 0 Å². The van der Waals surface area contributed by atoms with Gasteiger partial charge >= 0.3 is 7.12 Å². The van der Waals surface area contributed by atoms with Gasteiger partial charge < -0.3 is 9.31 Å². The fourth-order valence-corrected chi connectivity index (χ4v) is 1.95. The zero-order valence-electron chi connectivity index (χ0n) is 9.94. The molecule has 0 N–H and O–H groups in total. The van der Waals surface area contributed by atoms with Crippen LogP contribution in [0.2, 0.25) is 0 Å². The average Bonchev–Trinajstić information content (AvgIpc) is 2.61. The van der Waals surface area contributed by atoms with E-state index in [4.69, 9.17) is 20.9 Å². The standard InChI is InChI=1S/C11H20BClO2/c1-6-9(13)12-14-10(7(2)3)11(15-12)8(4)5/h6-11H,1H2,2-5H3/t9-,10-,11-/m1/s1. The SMILES string of the molecule is C=C[C@@H](Cl)B1O[C@H](C(C)C)[C@@H](C(C)C)O1. The molecule has 0 aromatic carbocycles. The first kappa shape index (κ1) is 13.1. The topological polar surface area (TPSA) is 18.5 Å². The maximum Gasteiger partial charge on any atom is 0.480 e. The molecule has 0 bridgehead atoms. The predicted octanol–water partition coefficient (Wildman–Crippen LogP) is 2.90. The number of rotatable bonds is 4. The Bertz CT molecular complexity index is 205. The van der Waals surface area contributed by atoms with E-state index in [1.54, 1.807) is 6.08 Å². The van der Waals surface area contributed by atoms with Crippen LogP contribution < -0.4 is 0 Å². The highest BCUT2D eigenvalue weighted by atomic mass is 35.5. The van der Waals surface area contributed by atoms with E-state index in [0.29, 0.717) is 11.8 Å². The molecular formula is C11H20BClO2. The van der Waals surface area contributed by atoms with E-state index in [2.05, 4.69) is 34.3 Å². The van der Waals surface area contributed by atoms with Crippen LogP contribution in [0, 0.1) is 11.8 Å². The van der Waals surface area contributed by atoms with Crippen LogP contribution in [0.1, 0.15) is 27.7 Å². The van der Waals surface area contributed by atoms with Crippen LogP contribution in [0.25, 0.3) is 0 Å². The number of hydrogen-bond donors (Lipinski definition) is 0. The lowest BCUT2D eigenvalue weighted by Crippen LogP contribution is -2.31. The van der Waals surface area contributed by atoms with Crippen LogP contribution in [0.3, 0.4) is 0 Å². The lowest BCUT2D eigenvalue weighted by Gasteiger charge is -2.24. The van der Waals surface area contributed by atoms with Crippen LogP contribution in [-0.4, -0.2) is 24.6 Å². The van der Waals surface area contributed by atoms with Crippen LogP contribution in [0.15, 0.2) is 12.7 Å². The van der Waals surface area contributed by atoms with Gasteiger partial charge in [0.15, 0.2) is 0 Å². The molecule has 0 aromatic rings.